The summed E-state index contributed by atoms with van der Waals surface area (Å²) in [5, 5.41) is 2.63. The molecule has 0 bridgehead atoms. The number of halogens is 2. The van der Waals surface area contributed by atoms with Gasteiger partial charge in [-0.15, -0.1) is 0 Å². The van der Waals surface area contributed by atoms with Crippen LogP contribution in [0.3, 0.4) is 0 Å². The van der Waals surface area contributed by atoms with E-state index in [2.05, 4.69) is 26.0 Å². The molecule has 146 valence electrons. The molecule has 3 rings (SSSR count). The van der Waals surface area contributed by atoms with Crippen LogP contribution in [0.1, 0.15) is 10.6 Å². The Labute approximate surface area is 174 Å². The van der Waals surface area contributed by atoms with Crippen LogP contribution in [0, 0.1) is 0 Å². The standard InChI is InChI=1S/C18H14BrClN2O5S/c1-26-14-7-6-13(21-18(23)15-8-9-17(20)27-15)10-16(14)28(24,25)22-12-4-2-11(19)3-5-12/h2-10,22H,1H3,(H,21,23). The minimum Gasteiger partial charge on any atom is -0.495 e. The fourth-order valence-electron chi connectivity index (χ4n) is 2.32. The van der Waals surface area contributed by atoms with Gasteiger partial charge in [0.1, 0.15) is 10.6 Å². The number of furan rings is 1. The number of hydrogen-bond acceptors (Lipinski definition) is 5. The van der Waals surface area contributed by atoms with Crippen molar-refractivity contribution in [1.29, 1.82) is 0 Å². The second-order valence-electron chi connectivity index (χ2n) is 5.54. The van der Waals surface area contributed by atoms with Crippen molar-refractivity contribution < 1.29 is 22.4 Å². The van der Waals surface area contributed by atoms with Crippen molar-refractivity contribution in [3.05, 3.63) is 70.0 Å². The Balaban J connectivity index is 1.89. The van der Waals surface area contributed by atoms with E-state index in [1.165, 1.54) is 37.4 Å². The molecule has 0 unspecified atom stereocenters. The first-order valence-corrected chi connectivity index (χ1v) is 10.5. The molecule has 3 aromatic rings. The number of carbonyl (C=O) groups is 1. The van der Waals surface area contributed by atoms with Crippen LogP contribution in [0.25, 0.3) is 0 Å². The highest BCUT2D eigenvalue weighted by atomic mass is 79.9. The average molecular weight is 486 g/mol. The van der Waals surface area contributed by atoms with E-state index in [1.54, 1.807) is 24.3 Å². The van der Waals surface area contributed by atoms with E-state index in [0.29, 0.717) is 5.69 Å². The third kappa shape index (κ3) is 4.67. The SMILES string of the molecule is COc1ccc(NC(=O)c2ccc(Cl)o2)cc1S(=O)(=O)Nc1ccc(Br)cc1. The first-order valence-electron chi connectivity index (χ1n) is 7.81. The first-order chi connectivity index (χ1) is 13.3. The zero-order valence-electron chi connectivity index (χ0n) is 14.4. The van der Waals surface area contributed by atoms with Gasteiger partial charge >= 0.3 is 0 Å². The number of anilines is 2. The molecule has 2 N–H and O–H groups in total. The number of rotatable bonds is 6. The predicted octanol–water partition coefficient (Wildman–Crippen LogP) is 4.76. The quantitative estimate of drug-likeness (QED) is 0.525. The van der Waals surface area contributed by atoms with Crippen molar-refractivity contribution in [1.82, 2.24) is 0 Å². The number of hydrogen-bond donors (Lipinski definition) is 2. The van der Waals surface area contributed by atoms with Gasteiger partial charge in [0.05, 0.1) is 7.11 Å². The van der Waals surface area contributed by atoms with E-state index in [1.807, 2.05) is 0 Å². The molecule has 0 aliphatic rings. The van der Waals surface area contributed by atoms with E-state index >= 15 is 0 Å². The van der Waals surface area contributed by atoms with Gasteiger partial charge in [-0.2, -0.15) is 0 Å². The third-order valence-corrected chi connectivity index (χ3v) is 5.74. The van der Waals surface area contributed by atoms with Crippen LogP contribution in [-0.4, -0.2) is 21.4 Å². The number of methoxy groups -OCH3 is 1. The maximum atomic E-state index is 12.8. The van der Waals surface area contributed by atoms with Gasteiger partial charge in [0, 0.05) is 15.8 Å². The van der Waals surface area contributed by atoms with Gasteiger partial charge in [-0.25, -0.2) is 8.42 Å². The van der Waals surface area contributed by atoms with E-state index in [-0.39, 0.29) is 27.3 Å². The van der Waals surface area contributed by atoms with Gasteiger partial charge in [0.2, 0.25) is 0 Å². The molecule has 0 saturated heterocycles. The Morgan fingerprint density at radius 1 is 1.07 bits per heavy atom. The molecular weight excluding hydrogens is 472 g/mol. The Morgan fingerprint density at radius 2 is 1.75 bits per heavy atom. The van der Waals surface area contributed by atoms with Crippen molar-refractivity contribution in [2.24, 2.45) is 0 Å². The first kappa shape index (κ1) is 20.2. The molecular formula is C18H14BrClN2O5S. The van der Waals surface area contributed by atoms with Crippen LogP contribution in [-0.2, 0) is 10.0 Å². The third-order valence-electron chi connectivity index (χ3n) is 3.60. The number of amides is 1. The fourth-order valence-corrected chi connectivity index (χ4v) is 3.99. The summed E-state index contributed by atoms with van der Waals surface area (Å²) in [4.78, 5) is 12.1. The van der Waals surface area contributed by atoms with Gasteiger partial charge < -0.3 is 14.5 Å². The van der Waals surface area contributed by atoms with Crippen molar-refractivity contribution in [2.75, 3.05) is 17.1 Å². The van der Waals surface area contributed by atoms with Gasteiger partial charge in [-0.1, -0.05) is 15.9 Å². The smallest absolute Gasteiger partial charge is 0.291 e. The summed E-state index contributed by atoms with van der Waals surface area (Å²) in [6.07, 6.45) is 0. The lowest BCUT2D eigenvalue weighted by Gasteiger charge is -2.13. The van der Waals surface area contributed by atoms with E-state index < -0.39 is 15.9 Å². The molecule has 0 aliphatic carbocycles. The summed E-state index contributed by atoms with van der Waals surface area (Å²) in [6, 6.07) is 13.7. The molecule has 7 nitrogen and oxygen atoms in total. The summed E-state index contributed by atoms with van der Waals surface area (Å²) < 4.78 is 39.1. The minimum absolute atomic E-state index is 0.00165. The number of nitrogens with one attached hydrogen (secondary N) is 2. The predicted molar refractivity (Wildman–Crippen MR) is 110 cm³/mol. The van der Waals surface area contributed by atoms with Crippen LogP contribution in [0.4, 0.5) is 11.4 Å². The van der Waals surface area contributed by atoms with Crippen LogP contribution < -0.4 is 14.8 Å². The summed E-state index contributed by atoms with van der Waals surface area (Å²) in [5.41, 5.74) is 0.624. The fraction of sp³-hybridized carbons (Fsp3) is 0.0556. The second-order valence-corrected chi connectivity index (χ2v) is 8.47. The Kier molecular flexibility index (Phi) is 5.97. The lowest BCUT2D eigenvalue weighted by molar-refractivity contribution is 0.0996. The molecule has 2 aromatic carbocycles. The molecule has 0 saturated carbocycles. The Hall–Kier alpha value is -2.49. The van der Waals surface area contributed by atoms with E-state index in [4.69, 9.17) is 20.8 Å². The van der Waals surface area contributed by atoms with Gasteiger partial charge in [0.25, 0.3) is 15.9 Å². The highest BCUT2D eigenvalue weighted by molar-refractivity contribution is 9.10. The molecule has 0 aliphatic heterocycles. The average Bonchev–Trinajstić information content (AvgIpc) is 3.10. The van der Waals surface area contributed by atoms with E-state index in [9.17, 15) is 13.2 Å². The lowest BCUT2D eigenvalue weighted by atomic mass is 10.3. The minimum atomic E-state index is -3.97. The molecule has 28 heavy (non-hydrogen) atoms. The normalized spacial score (nSPS) is 11.1. The highest BCUT2D eigenvalue weighted by Crippen LogP contribution is 2.29. The molecule has 0 spiro atoms. The summed E-state index contributed by atoms with van der Waals surface area (Å²) >= 11 is 8.96. The number of carbonyl (C=O) groups excluding carboxylic acids is 1. The molecule has 1 heterocycles. The van der Waals surface area contributed by atoms with Gasteiger partial charge in [-0.05, 0) is 66.2 Å². The van der Waals surface area contributed by atoms with Crippen LogP contribution in [0.15, 0.2) is 68.4 Å². The topological polar surface area (TPSA) is 97.6 Å². The summed E-state index contributed by atoms with van der Waals surface area (Å²) in [5.74, 6) is -0.442. The lowest BCUT2D eigenvalue weighted by Crippen LogP contribution is -2.16. The number of ether oxygens (including phenoxy) is 1. The second kappa shape index (κ2) is 8.26. The van der Waals surface area contributed by atoms with Crippen LogP contribution >= 0.6 is 27.5 Å². The van der Waals surface area contributed by atoms with Gasteiger partial charge in [0.15, 0.2) is 11.0 Å². The molecule has 10 heteroatoms. The maximum Gasteiger partial charge on any atom is 0.291 e. The number of benzene rings is 2. The van der Waals surface area contributed by atoms with Crippen molar-refractivity contribution in [2.45, 2.75) is 4.90 Å². The largest absolute Gasteiger partial charge is 0.495 e. The zero-order chi connectivity index (χ0) is 20.3. The zero-order valence-corrected chi connectivity index (χ0v) is 17.6. The summed E-state index contributed by atoms with van der Waals surface area (Å²) in [6.45, 7) is 0. The molecule has 0 atom stereocenters. The van der Waals surface area contributed by atoms with Gasteiger partial charge in [-0.3, -0.25) is 9.52 Å². The van der Waals surface area contributed by atoms with Crippen molar-refractivity contribution in [3.8, 4) is 5.75 Å². The molecule has 1 amide bonds. The van der Waals surface area contributed by atoms with Crippen LogP contribution in [0.5, 0.6) is 5.75 Å². The van der Waals surface area contributed by atoms with Crippen molar-refractivity contribution >= 4 is 54.8 Å². The maximum absolute atomic E-state index is 12.8. The number of sulfonamides is 1. The molecule has 0 radical (unpaired) electrons. The van der Waals surface area contributed by atoms with Crippen LogP contribution in [0.2, 0.25) is 5.22 Å². The Bertz CT molecular complexity index is 1110. The molecule has 0 fully saturated rings. The van der Waals surface area contributed by atoms with E-state index in [0.717, 1.165) is 4.47 Å². The summed E-state index contributed by atoms with van der Waals surface area (Å²) in [7, 11) is -2.62. The highest BCUT2D eigenvalue weighted by Gasteiger charge is 2.21. The monoisotopic (exact) mass is 484 g/mol. The van der Waals surface area contributed by atoms with Crippen molar-refractivity contribution in [3.63, 3.8) is 0 Å². The Morgan fingerprint density at radius 3 is 2.36 bits per heavy atom. The molecule has 1 aromatic heterocycles.